The number of hydrogen-bond donors (Lipinski definition) is 2. The molecular weight excluding hydrogens is 342 g/mol. The van der Waals surface area contributed by atoms with Crippen LogP contribution in [0, 0.1) is 6.92 Å². The number of carbonyl (C=O) groups is 2. The number of halogens is 1. The van der Waals surface area contributed by atoms with Crippen LogP contribution < -0.4 is 5.32 Å². The Labute approximate surface area is 144 Å². The van der Waals surface area contributed by atoms with E-state index in [9.17, 15) is 9.59 Å². The fourth-order valence-electron chi connectivity index (χ4n) is 1.55. The minimum absolute atomic E-state index is 0.156. The molecule has 128 valence electrons. The molecule has 0 aromatic carbocycles. The van der Waals surface area contributed by atoms with Crippen LogP contribution in [0.25, 0.3) is 0 Å². The van der Waals surface area contributed by atoms with Gasteiger partial charge in [-0.3, -0.25) is 0 Å². The maximum Gasteiger partial charge on any atom is 0.408 e. The SMILES string of the molecule is Cc1cc(Cl)nc(CSCC(NC(=O)OC(C)(C)C)C(=O)O)n1. The summed E-state index contributed by atoms with van der Waals surface area (Å²) in [4.78, 5) is 31.1. The number of nitrogens with zero attached hydrogens (tertiary/aromatic N) is 2. The highest BCUT2D eigenvalue weighted by Crippen LogP contribution is 2.14. The zero-order valence-corrected chi connectivity index (χ0v) is 15.0. The van der Waals surface area contributed by atoms with Crippen molar-refractivity contribution in [2.45, 2.75) is 45.1 Å². The number of aryl methyl sites for hydroxylation is 1. The van der Waals surface area contributed by atoms with Crippen molar-refractivity contribution >= 4 is 35.4 Å². The number of amides is 1. The molecule has 0 saturated carbocycles. The minimum atomic E-state index is -1.13. The molecule has 1 atom stereocenters. The molecule has 0 spiro atoms. The van der Waals surface area contributed by atoms with Crippen LogP contribution >= 0.6 is 23.4 Å². The molecule has 1 aromatic rings. The first-order valence-corrected chi connectivity index (χ1v) is 8.40. The number of thioether (sulfide) groups is 1. The van der Waals surface area contributed by atoms with Crippen LogP contribution in [0.3, 0.4) is 0 Å². The van der Waals surface area contributed by atoms with E-state index in [-0.39, 0.29) is 5.75 Å². The molecule has 0 fully saturated rings. The Morgan fingerprint density at radius 2 is 2.09 bits per heavy atom. The van der Waals surface area contributed by atoms with Crippen molar-refractivity contribution in [3.8, 4) is 0 Å². The molecule has 1 rings (SSSR count). The third kappa shape index (κ3) is 8.03. The van der Waals surface area contributed by atoms with Crippen LogP contribution in [0.4, 0.5) is 4.79 Å². The number of rotatable bonds is 6. The summed E-state index contributed by atoms with van der Waals surface area (Å²) in [7, 11) is 0. The van der Waals surface area contributed by atoms with Gasteiger partial charge in [-0.05, 0) is 33.8 Å². The Hall–Kier alpha value is -1.54. The fraction of sp³-hybridized carbons (Fsp3) is 0.571. The molecule has 1 unspecified atom stereocenters. The number of aromatic nitrogens is 2. The molecule has 9 heteroatoms. The monoisotopic (exact) mass is 361 g/mol. The van der Waals surface area contributed by atoms with Crippen LogP contribution in [0.5, 0.6) is 0 Å². The van der Waals surface area contributed by atoms with E-state index in [1.807, 2.05) is 0 Å². The van der Waals surface area contributed by atoms with Crippen molar-refractivity contribution in [3.05, 3.63) is 22.7 Å². The number of carboxylic acids is 1. The van der Waals surface area contributed by atoms with Gasteiger partial charge in [-0.1, -0.05) is 11.6 Å². The average molecular weight is 362 g/mol. The Morgan fingerprint density at radius 3 is 2.61 bits per heavy atom. The Morgan fingerprint density at radius 1 is 1.43 bits per heavy atom. The highest BCUT2D eigenvalue weighted by atomic mass is 35.5. The van der Waals surface area contributed by atoms with Crippen LogP contribution in [-0.2, 0) is 15.3 Å². The number of carboxylic acid groups (broad SMARTS) is 1. The van der Waals surface area contributed by atoms with Gasteiger partial charge in [0.05, 0.1) is 5.75 Å². The van der Waals surface area contributed by atoms with E-state index in [4.69, 9.17) is 21.4 Å². The van der Waals surface area contributed by atoms with Gasteiger partial charge in [0, 0.05) is 11.4 Å². The smallest absolute Gasteiger partial charge is 0.408 e. The minimum Gasteiger partial charge on any atom is -0.480 e. The quantitative estimate of drug-likeness (QED) is 0.751. The topological polar surface area (TPSA) is 101 Å². The second-order valence-electron chi connectivity index (χ2n) is 5.80. The van der Waals surface area contributed by atoms with Crippen molar-refractivity contribution in [1.29, 1.82) is 0 Å². The van der Waals surface area contributed by atoms with E-state index in [0.717, 1.165) is 5.69 Å². The largest absolute Gasteiger partial charge is 0.480 e. The second kappa shape index (κ2) is 8.35. The third-order valence-electron chi connectivity index (χ3n) is 2.37. The molecule has 1 amide bonds. The van der Waals surface area contributed by atoms with Gasteiger partial charge in [0.2, 0.25) is 0 Å². The highest BCUT2D eigenvalue weighted by Gasteiger charge is 2.24. The molecule has 23 heavy (non-hydrogen) atoms. The van der Waals surface area contributed by atoms with Crippen molar-refractivity contribution in [2.24, 2.45) is 0 Å². The van der Waals surface area contributed by atoms with Gasteiger partial charge in [-0.2, -0.15) is 11.8 Å². The number of nitrogens with one attached hydrogen (secondary N) is 1. The summed E-state index contributed by atoms with van der Waals surface area (Å²) < 4.78 is 5.05. The maximum absolute atomic E-state index is 11.6. The van der Waals surface area contributed by atoms with Crippen molar-refractivity contribution in [2.75, 3.05) is 5.75 Å². The molecule has 0 aliphatic carbocycles. The standard InChI is InChI=1S/C14H20ClN3O4S/c1-8-5-10(15)18-11(16-8)7-23-6-9(12(19)20)17-13(21)22-14(2,3)4/h5,9H,6-7H2,1-4H3,(H,17,21)(H,19,20). The summed E-state index contributed by atoms with van der Waals surface area (Å²) in [5, 5.41) is 11.8. The average Bonchev–Trinajstić information content (AvgIpc) is 2.33. The van der Waals surface area contributed by atoms with E-state index >= 15 is 0 Å². The van der Waals surface area contributed by atoms with Crippen LogP contribution in [0.1, 0.15) is 32.3 Å². The molecule has 0 aliphatic rings. The summed E-state index contributed by atoms with van der Waals surface area (Å²) in [6.07, 6.45) is -0.764. The van der Waals surface area contributed by atoms with Gasteiger partial charge < -0.3 is 15.2 Å². The molecule has 1 aromatic heterocycles. The molecule has 1 heterocycles. The fourth-order valence-corrected chi connectivity index (χ4v) is 2.69. The van der Waals surface area contributed by atoms with Gasteiger partial charge in [0.1, 0.15) is 22.6 Å². The summed E-state index contributed by atoms with van der Waals surface area (Å²) in [5.74, 6) is -0.0713. The zero-order valence-electron chi connectivity index (χ0n) is 13.4. The lowest BCUT2D eigenvalue weighted by atomic mass is 10.2. The predicted octanol–water partition coefficient (Wildman–Crippen LogP) is 2.65. The molecule has 0 radical (unpaired) electrons. The first kappa shape index (κ1) is 19.5. The van der Waals surface area contributed by atoms with Crippen LogP contribution in [-0.4, -0.2) is 44.5 Å². The summed E-state index contributed by atoms with van der Waals surface area (Å²) >= 11 is 7.13. The van der Waals surface area contributed by atoms with Crippen molar-refractivity contribution in [1.82, 2.24) is 15.3 Å². The summed E-state index contributed by atoms with van der Waals surface area (Å²) in [5.41, 5.74) is 0.0501. The van der Waals surface area contributed by atoms with E-state index in [2.05, 4.69) is 15.3 Å². The van der Waals surface area contributed by atoms with Gasteiger partial charge in [-0.15, -0.1) is 0 Å². The number of carbonyl (C=O) groups excluding carboxylic acids is 1. The lowest BCUT2D eigenvalue weighted by molar-refractivity contribution is -0.138. The first-order valence-electron chi connectivity index (χ1n) is 6.87. The maximum atomic E-state index is 11.6. The molecule has 0 bridgehead atoms. The first-order chi connectivity index (χ1) is 10.6. The van der Waals surface area contributed by atoms with E-state index in [1.165, 1.54) is 11.8 Å². The van der Waals surface area contributed by atoms with Gasteiger partial charge in [0.15, 0.2) is 0 Å². The van der Waals surface area contributed by atoms with Gasteiger partial charge in [0.25, 0.3) is 0 Å². The van der Waals surface area contributed by atoms with Gasteiger partial charge in [-0.25, -0.2) is 19.6 Å². The Balaban J connectivity index is 2.53. The number of aliphatic carboxylic acids is 1. The van der Waals surface area contributed by atoms with Crippen molar-refractivity contribution in [3.63, 3.8) is 0 Å². The predicted molar refractivity (Wildman–Crippen MR) is 88.7 cm³/mol. The van der Waals surface area contributed by atoms with E-state index < -0.39 is 23.7 Å². The molecular formula is C14H20ClN3O4S. The molecule has 0 aliphatic heterocycles. The third-order valence-corrected chi connectivity index (χ3v) is 3.60. The number of hydrogen-bond acceptors (Lipinski definition) is 6. The lowest BCUT2D eigenvalue weighted by Gasteiger charge is -2.21. The normalized spacial score (nSPS) is 12.6. The highest BCUT2D eigenvalue weighted by molar-refractivity contribution is 7.98. The molecule has 0 saturated heterocycles. The number of alkyl carbamates (subject to hydrolysis) is 1. The second-order valence-corrected chi connectivity index (χ2v) is 7.22. The van der Waals surface area contributed by atoms with Gasteiger partial charge >= 0.3 is 12.1 Å². The van der Waals surface area contributed by atoms with Crippen LogP contribution in [0.15, 0.2) is 6.07 Å². The Kier molecular flexibility index (Phi) is 7.08. The van der Waals surface area contributed by atoms with Crippen molar-refractivity contribution < 1.29 is 19.4 Å². The molecule has 7 nitrogen and oxygen atoms in total. The Bertz CT molecular complexity index is 557. The lowest BCUT2D eigenvalue weighted by Crippen LogP contribution is -2.44. The summed E-state index contributed by atoms with van der Waals surface area (Å²) in [6.45, 7) is 6.91. The van der Waals surface area contributed by atoms with E-state index in [1.54, 1.807) is 33.8 Å². The molecule has 2 N–H and O–H groups in total. The number of ether oxygens (including phenoxy) is 1. The van der Waals surface area contributed by atoms with E-state index in [0.29, 0.717) is 16.7 Å². The zero-order chi connectivity index (χ0) is 17.6. The summed E-state index contributed by atoms with van der Waals surface area (Å²) in [6, 6.07) is 0.579. The van der Waals surface area contributed by atoms with Crippen LogP contribution in [0.2, 0.25) is 5.15 Å².